The Morgan fingerprint density at radius 2 is 1.90 bits per heavy atom. The van der Waals surface area contributed by atoms with E-state index in [0.717, 1.165) is 30.2 Å². The minimum Gasteiger partial charge on any atom is -0.382 e. The number of alkyl halides is 1. The van der Waals surface area contributed by atoms with Crippen molar-refractivity contribution in [3.05, 3.63) is 53.9 Å². The number of nitrogens with zero attached hydrogens (tertiary/aromatic N) is 2. The summed E-state index contributed by atoms with van der Waals surface area (Å²) in [5.41, 5.74) is 2.46. The highest BCUT2D eigenvalue weighted by atomic mass is 32.2. The Labute approximate surface area is 168 Å². The standard InChI is InChI=1S/C20H22FN3O4S/c1-29(27,28)23-12-17-9-8-16(11-22-17)13-2-4-14(5-3-13)19(25)18(10-21)24-20(26)15-6-7-15/h2-5,8-9,11,15,19,23,25H,6-7,10,12H2,1H3/t19-/m1/s1. The third-order valence-electron chi connectivity index (χ3n) is 4.53. The van der Waals surface area contributed by atoms with Crippen LogP contribution in [0, 0.1) is 5.92 Å². The summed E-state index contributed by atoms with van der Waals surface area (Å²) in [5, 5.41) is 10.4. The molecule has 3 rings (SSSR count). The van der Waals surface area contributed by atoms with E-state index in [4.69, 9.17) is 0 Å². The Kier molecular flexibility index (Phi) is 6.51. The number of aromatic nitrogens is 1. The Morgan fingerprint density at radius 1 is 1.24 bits per heavy atom. The smallest absolute Gasteiger partial charge is 0.248 e. The summed E-state index contributed by atoms with van der Waals surface area (Å²) in [7, 11) is -3.29. The van der Waals surface area contributed by atoms with Gasteiger partial charge in [-0.25, -0.2) is 22.5 Å². The van der Waals surface area contributed by atoms with Gasteiger partial charge in [0.25, 0.3) is 0 Å². The Hall–Kier alpha value is -2.49. The van der Waals surface area contributed by atoms with Gasteiger partial charge in [-0.2, -0.15) is 0 Å². The van der Waals surface area contributed by atoms with Crippen LogP contribution in [0.15, 0.2) is 47.6 Å². The minimum atomic E-state index is -3.29. The van der Waals surface area contributed by atoms with Crippen LogP contribution in [0.1, 0.15) is 30.2 Å². The number of halogens is 1. The van der Waals surface area contributed by atoms with E-state index in [1.54, 1.807) is 42.6 Å². The molecule has 0 aliphatic heterocycles. The highest BCUT2D eigenvalue weighted by Crippen LogP contribution is 2.31. The van der Waals surface area contributed by atoms with E-state index in [2.05, 4.69) is 14.7 Å². The van der Waals surface area contributed by atoms with Crippen LogP contribution in [0.5, 0.6) is 0 Å². The number of aliphatic hydroxyl groups excluding tert-OH is 1. The van der Waals surface area contributed by atoms with Gasteiger partial charge in [-0.3, -0.25) is 9.78 Å². The van der Waals surface area contributed by atoms with Crippen molar-refractivity contribution in [1.29, 1.82) is 0 Å². The highest BCUT2D eigenvalue weighted by Gasteiger charge is 2.30. The van der Waals surface area contributed by atoms with E-state index in [1.165, 1.54) is 0 Å². The SMILES string of the molecule is CS(=O)(=O)NCc1ccc(-c2ccc([C@@H](O)C(CF)=NC(=O)C3CC3)cc2)cn1. The molecule has 9 heteroatoms. The van der Waals surface area contributed by atoms with E-state index in [0.29, 0.717) is 11.3 Å². The molecule has 1 aliphatic rings. The van der Waals surface area contributed by atoms with Gasteiger partial charge < -0.3 is 5.11 Å². The first-order valence-electron chi connectivity index (χ1n) is 9.12. The molecule has 1 heterocycles. The molecule has 2 N–H and O–H groups in total. The number of carbonyl (C=O) groups is 1. The van der Waals surface area contributed by atoms with Gasteiger partial charge in [0.1, 0.15) is 12.8 Å². The van der Waals surface area contributed by atoms with Gasteiger partial charge in [0.05, 0.1) is 24.2 Å². The molecule has 1 fully saturated rings. The summed E-state index contributed by atoms with van der Waals surface area (Å²) in [6.07, 6.45) is 2.96. The van der Waals surface area contributed by atoms with Crippen molar-refractivity contribution in [3.63, 3.8) is 0 Å². The maximum Gasteiger partial charge on any atom is 0.248 e. The molecule has 0 unspecified atom stereocenters. The van der Waals surface area contributed by atoms with E-state index in [1.807, 2.05) is 0 Å². The maximum atomic E-state index is 13.3. The molecule has 1 atom stereocenters. The summed E-state index contributed by atoms with van der Waals surface area (Å²) in [6, 6.07) is 10.3. The number of sulfonamides is 1. The zero-order valence-electron chi connectivity index (χ0n) is 15.9. The largest absolute Gasteiger partial charge is 0.382 e. The average molecular weight is 419 g/mol. The number of aliphatic hydroxyl groups is 1. The lowest BCUT2D eigenvalue weighted by Gasteiger charge is -2.12. The van der Waals surface area contributed by atoms with Crippen molar-refractivity contribution < 1.29 is 22.7 Å². The molecular weight excluding hydrogens is 397 g/mol. The van der Waals surface area contributed by atoms with E-state index in [9.17, 15) is 22.7 Å². The first-order chi connectivity index (χ1) is 13.8. The molecule has 154 valence electrons. The molecule has 0 bridgehead atoms. The number of hydrogen-bond acceptors (Lipinski definition) is 5. The Balaban J connectivity index is 1.69. The molecule has 1 aromatic heterocycles. The molecule has 1 aliphatic carbocycles. The first-order valence-corrected chi connectivity index (χ1v) is 11.0. The van der Waals surface area contributed by atoms with Gasteiger partial charge in [-0.1, -0.05) is 30.3 Å². The lowest BCUT2D eigenvalue weighted by molar-refractivity contribution is -0.119. The van der Waals surface area contributed by atoms with E-state index in [-0.39, 0.29) is 24.1 Å². The van der Waals surface area contributed by atoms with Crippen LogP contribution in [0.3, 0.4) is 0 Å². The van der Waals surface area contributed by atoms with Crippen LogP contribution in [0.25, 0.3) is 11.1 Å². The van der Waals surface area contributed by atoms with Crippen molar-refractivity contribution in [2.45, 2.75) is 25.5 Å². The molecule has 29 heavy (non-hydrogen) atoms. The first kappa shape index (κ1) is 21.2. The van der Waals surface area contributed by atoms with Gasteiger partial charge >= 0.3 is 0 Å². The summed E-state index contributed by atoms with van der Waals surface area (Å²) < 4.78 is 37.9. The number of nitrogens with one attached hydrogen (secondary N) is 1. The van der Waals surface area contributed by atoms with Gasteiger partial charge in [-0.05, 0) is 30.0 Å². The van der Waals surface area contributed by atoms with Crippen LogP contribution in [-0.2, 0) is 21.4 Å². The highest BCUT2D eigenvalue weighted by molar-refractivity contribution is 7.88. The third-order valence-corrected chi connectivity index (χ3v) is 5.20. The second-order valence-electron chi connectivity index (χ2n) is 7.01. The zero-order valence-corrected chi connectivity index (χ0v) is 16.7. The van der Waals surface area contributed by atoms with Crippen molar-refractivity contribution in [2.24, 2.45) is 10.9 Å². The lowest BCUT2D eigenvalue weighted by Crippen LogP contribution is -2.21. The summed E-state index contributed by atoms with van der Waals surface area (Å²) >= 11 is 0. The molecular formula is C20H22FN3O4S. The molecule has 1 amide bonds. The fourth-order valence-electron chi connectivity index (χ4n) is 2.68. The zero-order chi connectivity index (χ0) is 21.0. The normalized spacial score (nSPS) is 15.9. The van der Waals surface area contributed by atoms with Gasteiger partial charge in [0, 0.05) is 17.7 Å². The number of hydrogen-bond donors (Lipinski definition) is 2. The predicted octanol–water partition coefficient (Wildman–Crippen LogP) is 2.18. The van der Waals surface area contributed by atoms with Crippen LogP contribution >= 0.6 is 0 Å². The number of aliphatic imine (C=N–C) groups is 1. The molecule has 2 aromatic rings. The summed E-state index contributed by atoms with van der Waals surface area (Å²) in [4.78, 5) is 19.8. The fourth-order valence-corrected chi connectivity index (χ4v) is 3.09. The topological polar surface area (TPSA) is 109 Å². The predicted molar refractivity (Wildman–Crippen MR) is 107 cm³/mol. The van der Waals surface area contributed by atoms with Gasteiger partial charge in [0.15, 0.2) is 0 Å². The summed E-state index contributed by atoms with van der Waals surface area (Å²) in [5.74, 6) is -0.501. The number of benzene rings is 1. The quantitative estimate of drug-likeness (QED) is 0.638. The van der Waals surface area contributed by atoms with Crippen LogP contribution in [0.2, 0.25) is 0 Å². The van der Waals surface area contributed by atoms with Crippen molar-refractivity contribution in [3.8, 4) is 11.1 Å². The van der Waals surface area contributed by atoms with Crippen LogP contribution in [0.4, 0.5) is 4.39 Å². The fraction of sp³-hybridized carbons (Fsp3) is 0.350. The number of pyridine rings is 1. The Morgan fingerprint density at radius 3 is 2.41 bits per heavy atom. The number of amides is 1. The van der Waals surface area contributed by atoms with Crippen molar-refractivity contribution in [2.75, 3.05) is 12.9 Å². The van der Waals surface area contributed by atoms with Crippen LogP contribution < -0.4 is 4.72 Å². The molecule has 1 aromatic carbocycles. The number of rotatable bonds is 8. The van der Waals surface area contributed by atoms with Gasteiger partial charge in [-0.15, -0.1) is 0 Å². The summed E-state index contributed by atoms with van der Waals surface area (Å²) in [6.45, 7) is -0.885. The Bertz CT molecular complexity index is 1000. The maximum absolute atomic E-state index is 13.3. The van der Waals surface area contributed by atoms with Crippen molar-refractivity contribution >= 4 is 21.6 Å². The lowest BCUT2D eigenvalue weighted by atomic mass is 10.0. The minimum absolute atomic E-state index is 0.106. The monoisotopic (exact) mass is 419 g/mol. The second-order valence-corrected chi connectivity index (χ2v) is 8.84. The van der Waals surface area contributed by atoms with E-state index < -0.39 is 22.8 Å². The molecule has 0 saturated heterocycles. The number of carbonyl (C=O) groups excluding carboxylic acids is 1. The van der Waals surface area contributed by atoms with E-state index >= 15 is 0 Å². The third kappa shape index (κ3) is 5.99. The molecule has 7 nitrogen and oxygen atoms in total. The second kappa shape index (κ2) is 8.89. The average Bonchev–Trinajstić information content (AvgIpc) is 3.55. The molecule has 0 spiro atoms. The molecule has 0 radical (unpaired) electrons. The van der Waals surface area contributed by atoms with Crippen LogP contribution in [-0.4, -0.2) is 43.1 Å². The van der Waals surface area contributed by atoms with Gasteiger partial charge in [0.2, 0.25) is 15.9 Å². The molecule has 1 saturated carbocycles. The van der Waals surface area contributed by atoms with Crippen molar-refractivity contribution in [1.82, 2.24) is 9.71 Å².